The number of aromatic nitrogens is 1. The summed E-state index contributed by atoms with van der Waals surface area (Å²) < 4.78 is 6.00. The summed E-state index contributed by atoms with van der Waals surface area (Å²) in [6, 6.07) is 13.7. The van der Waals surface area contributed by atoms with Gasteiger partial charge < -0.3 is 9.64 Å². The summed E-state index contributed by atoms with van der Waals surface area (Å²) in [5.74, 6) is 0.823. The highest BCUT2D eigenvalue weighted by molar-refractivity contribution is 5.50. The minimum absolute atomic E-state index is 0.179. The molecule has 0 bridgehead atoms. The van der Waals surface area contributed by atoms with Crippen LogP contribution in [0.1, 0.15) is 18.4 Å². The summed E-state index contributed by atoms with van der Waals surface area (Å²) in [6.45, 7) is 1.89. The Hall–Kier alpha value is -2.54. The third-order valence-electron chi connectivity index (χ3n) is 3.68. The Kier molecular flexibility index (Phi) is 4.02. The highest BCUT2D eigenvalue weighted by Crippen LogP contribution is 2.23. The van der Waals surface area contributed by atoms with E-state index in [-0.39, 0.29) is 6.10 Å². The zero-order valence-corrected chi connectivity index (χ0v) is 11.8. The highest BCUT2D eigenvalue weighted by atomic mass is 16.5. The van der Waals surface area contributed by atoms with Crippen LogP contribution in [0.15, 0.2) is 48.8 Å². The van der Waals surface area contributed by atoms with E-state index in [1.54, 1.807) is 12.4 Å². The van der Waals surface area contributed by atoms with Gasteiger partial charge in [0, 0.05) is 18.4 Å². The Morgan fingerprint density at radius 2 is 2.10 bits per heavy atom. The zero-order valence-electron chi connectivity index (χ0n) is 11.8. The molecule has 0 spiro atoms. The highest BCUT2D eigenvalue weighted by Gasteiger charge is 2.21. The molecular weight excluding hydrogens is 262 g/mol. The topological polar surface area (TPSA) is 49.2 Å². The van der Waals surface area contributed by atoms with Gasteiger partial charge in [0.2, 0.25) is 0 Å². The fourth-order valence-corrected chi connectivity index (χ4v) is 2.62. The first-order valence-electron chi connectivity index (χ1n) is 7.17. The third kappa shape index (κ3) is 3.32. The van der Waals surface area contributed by atoms with E-state index in [2.05, 4.69) is 16.0 Å². The lowest BCUT2D eigenvalue weighted by Crippen LogP contribution is -2.41. The van der Waals surface area contributed by atoms with E-state index in [1.165, 1.54) is 0 Å². The van der Waals surface area contributed by atoms with Gasteiger partial charge in [-0.25, -0.2) is 0 Å². The Balaban J connectivity index is 1.66. The second-order valence-corrected chi connectivity index (χ2v) is 5.18. The molecule has 3 rings (SSSR count). The molecule has 2 heterocycles. The number of hydrogen-bond donors (Lipinski definition) is 0. The van der Waals surface area contributed by atoms with Gasteiger partial charge in [0.25, 0.3) is 0 Å². The molecule has 0 aliphatic carbocycles. The smallest absolute Gasteiger partial charge is 0.138 e. The van der Waals surface area contributed by atoms with Crippen molar-refractivity contribution < 1.29 is 4.74 Å². The zero-order chi connectivity index (χ0) is 14.5. The SMILES string of the molecule is N#Cc1ccc(N2CCCC(Oc3cccnc3)C2)cc1. The summed E-state index contributed by atoms with van der Waals surface area (Å²) >= 11 is 0. The van der Waals surface area contributed by atoms with Crippen LogP contribution < -0.4 is 9.64 Å². The number of rotatable bonds is 3. The quantitative estimate of drug-likeness (QED) is 0.866. The first-order chi connectivity index (χ1) is 10.3. The summed E-state index contributed by atoms with van der Waals surface area (Å²) in [5.41, 5.74) is 1.84. The average molecular weight is 279 g/mol. The molecule has 1 aliphatic heterocycles. The predicted octanol–water partition coefficient (Wildman–Crippen LogP) is 3.00. The van der Waals surface area contributed by atoms with E-state index < -0.39 is 0 Å². The van der Waals surface area contributed by atoms with Crippen LogP contribution in [-0.2, 0) is 0 Å². The molecule has 4 heteroatoms. The van der Waals surface area contributed by atoms with Crippen LogP contribution in [0.2, 0.25) is 0 Å². The Morgan fingerprint density at radius 1 is 1.24 bits per heavy atom. The third-order valence-corrected chi connectivity index (χ3v) is 3.68. The molecule has 0 saturated carbocycles. The Morgan fingerprint density at radius 3 is 2.81 bits per heavy atom. The molecule has 106 valence electrons. The van der Waals surface area contributed by atoms with Crippen molar-refractivity contribution in [1.29, 1.82) is 5.26 Å². The fourth-order valence-electron chi connectivity index (χ4n) is 2.62. The van der Waals surface area contributed by atoms with Crippen molar-refractivity contribution >= 4 is 5.69 Å². The largest absolute Gasteiger partial charge is 0.487 e. The lowest BCUT2D eigenvalue weighted by Gasteiger charge is -2.34. The molecule has 1 saturated heterocycles. The molecule has 1 unspecified atom stereocenters. The van der Waals surface area contributed by atoms with Gasteiger partial charge in [0.1, 0.15) is 11.9 Å². The summed E-state index contributed by atoms with van der Waals surface area (Å²) in [4.78, 5) is 6.39. The predicted molar refractivity (Wildman–Crippen MR) is 81.3 cm³/mol. The number of ether oxygens (including phenoxy) is 1. The van der Waals surface area contributed by atoms with Gasteiger partial charge in [-0.15, -0.1) is 0 Å². The molecule has 0 N–H and O–H groups in total. The second-order valence-electron chi connectivity index (χ2n) is 5.18. The minimum Gasteiger partial charge on any atom is -0.487 e. The maximum atomic E-state index is 8.86. The van der Waals surface area contributed by atoms with Gasteiger partial charge in [0.05, 0.1) is 24.4 Å². The van der Waals surface area contributed by atoms with Gasteiger partial charge in [-0.05, 0) is 49.2 Å². The Bertz CT molecular complexity index is 619. The van der Waals surface area contributed by atoms with Crippen molar-refractivity contribution in [3.63, 3.8) is 0 Å². The number of anilines is 1. The fraction of sp³-hybridized carbons (Fsp3) is 0.294. The van der Waals surface area contributed by atoms with Crippen molar-refractivity contribution in [2.45, 2.75) is 18.9 Å². The number of pyridine rings is 1. The normalized spacial score (nSPS) is 18.0. The first kappa shape index (κ1) is 13.4. The van der Waals surface area contributed by atoms with Gasteiger partial charge in [-0.1, -0.05) is 0 Å². The van der Waals surface area contributed by atoms with Crippen LogP contribution in [0.5, 0.6) is 5.75 Å². The van der Waals surface area contributed by atoms with E-state index >= 15 is 0 Å². The summed E-state index contributed by atoms with van der Waals surface area (Å²) in [6.07, 6.45) is 5.84. The Labute approximate surface area is 124 Å². The molecule has 1 fully saturated rings. The van der Waals surface area contributed by atoms with Gasteiger partial charge in [-0.3, -0.25) is 4.98 Å². The van der Waals surface area contributed by atoms with Crippen LogP contribution in [0.3, 0.4) is 0 Å². The number of hydrogen-bond acceptors (Lipinski definition) is 4. The molecule has 1 aromatic heterocycles. The van der Waals surface area contributed by atoms with Crippen LogP contribution in [0, 0.1) is 11.3 Å². The average Bonchev–Trinajstić information content (AvgIpc) is 2.56. The lowest BCUT2D eigenvalue weighted by molar-refractivity contribution is 0.179. The molecule has 0 amide bonds. The first-order valence-corrected chi connectivity index (χ1v) is 7.17. The second kappa shape index (κ2) is 6.27. The molecular formula is C17H17N3O. The molecule has 1 aliphatic rings. The van der Waals surface area contributed by atoms with E-state index in [4.69, 9.17) is 10.00 Å². The van der Waals surface area contributed by atoms with Crippen LogP contribution >= 0.6 is 0 Å². The van der Waals surface area contributed by atoms with E-state index in [1.807, 2.05) is 36.4 Å². The number of piperidine rings is 1. The monoisotopic (exact) mass is 279 g/mol. The van der Waals surface area contributed by atoms with E-state index in [0.717, 1.165) is 37.4 Å². The summed E-state index contributed by atoms with van der Waals surface area (Å²) in [5, 5.41) is 8.86. The summed E-state index contributed by atoms with van der Waals surface area (Å²) in [7, 11) is 0. The maximum Gasteiger partial charge on any atom is 0.138 e. The van der Waals surface area contributed by atoms with E-state index in [9.17, 15) is 0 Å². The van der Waals surface area contributed by atoms with Gasteiger partial charge in [-0.2, -0.15) is 5.26 Å². The molecule has 1 aromatic carbocycles. The van der Waals surface area contributed by atoms with Crippen molar-refractivity contribution in [3.8, 4) is 11.8 Å². The molecule has 21 heavy (non-hydrogen) atoms. The van der Waals surface area contributed by atoms with Crippen LogP contribution in [-0.4, -0.2) is 24.2 Å². The number of nitriles is 1. The van der Waals surface area contributed by atoms with E-state index in [0.29, 0.717) is 5.56 Å². The number of benzene rings is 1. The van der Waals surface area contributed by atoms with Crippen molar-refractivity contribution in [2.75, 3.05) is 18.0 Å². The standard InChI is InChI=1S/C17H17N3O/c18-11-14-5-7-15(8-6-14)20-10-2-4-17(13-20)21-16-3-1-9-19-12-16/h1,3,5-9,12,17H,2,4,10,13H2. The maximum absolute atomic E-state index is 8.86. The van der Waals surface area contributed by atoms with Crippen molar-refractivity contribution in [1.82, 2.24) is 4.98 Å². The van der Waals surface area contributed by atoms with Gasteiger partial charge in [0.15, 0.2) is 0 Å². The van der Waals surface area contributed by atoms with Crippen molar-refractivity contribution in [3.05, 3.63) is 54.4 Å². The molecule has 4 nitrogen and oxygen atoms in total. The lowest BCUT2D eigenvalue weighted by atomic mass is 10.1. The molecule has 0 radical (unpaired) electrons. The number of nitrogens with zero attached hydrogens (tertiary/aromatic N) is 3. The van der Waals surface area contributed by atoms with Crippen LogP contribution in [0.4, 0.5) is 5.69 Å². The van der Waals surface area contributed by atoms with Crippen LogP contribution in [0.25, 0.3) is 0 Å². The molecule has 2 aromatic rings. The minimum atomic E-state index is 0.179. The molecule has 1 atom stereocenters. The van der Waals surface area contributed by atoms with Crippen molar-refractivity contribution in [2.24, 2.45) is 0 Å². The van der Waals surface area contributed by atoms with Gasteiger partial charge >= 0.3 is 0 Å².